The number of nitrogens with one attached hydrogen (secondary N) is 1. The van der Waals surface area contributed by atoms with E-state index in [2.05, 4.69) is 5.32 Å². The number of sulfonamides is 1. The van der Waals surface area contributed by atoms with Gasteiger partial charge in [-0.3, -0.25) is 13.9 Å². The van der Waals surface area contributed by atoms with Crippen LogP contribution in [0.4, 0.5) is 10.1 Å². The summed E-state index contributed by atoms with van der Waals surface area (Å²) >= 11 is 0. The Balaban J connectivity index is 1.55. The minimum absolute atomic E-state index is 0.00421. The molecule has 0 bridgehead atoms. The fourth-order valence-corrected chi connectivity index (χ4v) is 7.34. The molecule has 1 aliphatic rings. The van der Waals surface area contributed by atoms with Gasteiger partial charge in [-0.05, 0) is 72.9 Å². The van der Waals surface area contributed by atoms with E-state index < -0.39 is 34.3 Å². The Hall–Kier alpha value is -4.50. The van der Waals surface area contributed by atoms with Crippen molar-refractivity contribution < 1.29 is 22.4 Å². The highest BCUT2D eigenvalue weighted by atomic mass is 32.2. The predicted molar refractivity (Wildman–Crippen MR) is 178 cm³/mol. The van der Waals surface area contributed by atoms with Gasteiger partial charge in [-0.15, -0.1) is 0 Å². The first-order valence-corrected chi connectivity index (χ1v) is 17.2. The lowest BCUT2D eigenvalue weighted by molar-refractivity contribution is -0.140. The smallest absolute Gasteiger partial charge is 0.264 e. The van der Waals surface area contributed by atoms with Crippen LogP contribution in [0.3, 0.4) is 0 Å². The predicted octanol–water partition coefficient (Wildman–Crippen LogP) is 6.42. The van der Waals surface area contributed by atoms with Gasteiger partial charge in [0.2, 0.25) is 11.8 Å². The molecule has 2 amide bonds. The van der Waals surface area contributed by atoms with Crippen LogP contribution in [0.5, 0.6) is 0 Å². The van der Waals surface area contributed by atoms with Crippen LogP contribution in [-0.2, 0) is 32.6 Å². The molecule has 1 fully saturated rings. The quantitative estimate of drug-likeness (QED) is 0.194. The van der Waals surface area contributed by atoms with Crippen LogP contribution in [0.25, 0.3) is 0 Å². The summed E-state index contributed by atoms with van der Waals surface area (Å²) in [6.45, 7) is 1.30. The Morgan fingerprint density at radius 1 is 0.826 bits per heavy atom. The first kappa shape index (κ1) is 32.9. The number of carbonyl (C=O) groups is 2. The highest BCUT2D eigenvalue weighted by molar-refractivity contribution is 7.92. The highest BCUT2D eigenvalue weighted by Crippen LogP contribution is 2.26. The Kier molecular flexibility index (Phi) is 10.9. The standard InChI is InChI=1S/C37H40FN3O4S/c1-28-12-11-17-33(24-28)41(46(44,45)34-18-9-4-10-19-34)27-36(42)40(26-30-20-22-31(38)23-21-30)35(25-29-13-5-2-6-14-29)37(43)39-32-15-7-3-8-16-32/h2,4-6,9-14,17-24,32,35H,3,7-8,15-16,25-27H2,1H3,(H,39,43). The normalized spacial score (nSPS) is 14.3. The van der Waals surface area contributed by atoms with Gasteiger partial charge in [0.05, 0.1) is 10.6 Å². The average molecular weight is 642 g/mol. The van der Waals surface area contributed by atoms with Crippen LogP contribution in [0.1, 0.15) is 48.8 Å². The van der Waals surface area contributed by atoms with Gasteiger partial charge in [0.1, 0.15) is 18.4 Å². The monoisotopic (exact) mass is 641 g/mol. The Labute approximate surface area is 271 Å². The summed E-state index contributed by atoms with van der Waals surface area (Å²) in [6.07, 6.45) is 5.13. The Morgan fingerprint density at radius 3 is 2.13 bits per heavy atom. The van der Waals surface area contributed by atoms with E-state index in [0.717, 1.165) is 47.5 Å². The molecule has 0 aliphatic heterocycles. The number of hydrogen-bond acceptors (Lipinski definition) is 4. The zero-order chi connectivity index (χ0) is 32.5. The second-order valence-corrected chi connectivity index (χ2v) is 13.7. The van der Waals surface area contributed by atoms with Crippen LogP contribution < -0.4 is 9.62 Å². The van der Waals surface area contributed by atoms with Crippen LogP contribution in [0, 0.1) is 12.7 Å². The minimum atomic E-state index is -4.17. The van der Waals surface area contributed by atoms with E-state index >= 15 is 0 Å². The van der Waals surface area contributed by atoms with Crippen molar-refractivity contribution in [2.24, 2.45) is 0 Å². The fourth-order valence-electron chi connectivity index (χ4n) is 5.92. The molecule has 1 N–H and O–H groups in total. The maximum Gasteiger partial charge on any atom is 0.264 e. The molecule has 4 aromatic carbocycles. The van der Waals surface area contributed by atoms with Crippen molar-refractivity contribution in [2.75, 3.05) is 10.8 Å². The molecular formula is C37H40FN3O4S. The molecule has 7 nitrogen and oxygen atoms in total. The molecule has 0 aromatic heterocycles. The van der Waals surface area contributed by atoms with E-state index in [1.54, 1.807) is 48.5 Å². The molecule has 0 spiro atoms. The molecule has 1 atom stereocenters. The summed E-state index contributed by atoms with van der Waals surface area (Å²) in [6, 6.07) is 29.2. The number of aryl methyl sites for hydroxylation is 1. The SMILES string of the molecule is Cc1cccc(N(CC(=O)N(Cc2ccc(F)cc2)C(Cc2ccccc2)C(=O)NC2CCCCC2)S(=O)(=O)c2ccccc2)c1. The zero-order valence-electron chi connectivity index (χ0n) is 26.0. The molecule has 0 heterocycles. The van der Waals surface area contributed by atoms with Gasteiger partial charge in [0.25, 0.3) is 10.0 Å². The van der Waals surface area contributed by atoms with E-state index in [9.17, 15) is 22.4 Å². The number of halogens is 1. The Morgan fingerprint density at radius 2 is 1.48 bits per heavy atom. The summed E-state index contributed by atoms with van der Waals surface area (Å²) in [5.41, 5.74) is 2.64. The molecule has 5 rings (SSSR count). The largest absolute Gasteiger partial charge is 0.352 e. The van der Waals surface area contributed by atoms with Crippen molar-refractivity contribution in [1.29, 1.82) is 0 Å². The third-order valence-electron chi connectivity index (χ3n) is 8.39. The van der Waals surface area contributed by atoms with Gasteiger partial charge >= 0.3 is 0 Å². The lowest BCUT2D eigenvalue weighted by Gasteiger charge is -2.35. The van der Waals surface area contributed by atoms with E-state index in [-0.39, 0.29) is 29.8 Å². The van der Waals surface area contributed by atoms with Crippen LogP contribution >= 0.6 is 0 Å². The van der Waals surface area contributed by atoms with E-state index in [0.29, 0.717) is 11.3 Å². The summed E-state index contributed by atoms with van der Waals surface area (Å²) in [4.78, 5) is 30.2. The van der Waals surface area contributed by atoms with Gasteiger partial charge < -0.3 is 10.2 Å². The van der Waals surface area contributed by atoms with E-state index in [1.807, 2.05) is 43.3 Å². The number of nitrogens with zero attached hydrogens (tertiary/aromatic N) is 2. The van der Waals surface area contributed by atoms with Crippen LogP contribution in [-0.4, -0.2) is 43.8 Å². The van der Waals surface area contributed by atoms with Crippen molar-refractivity contribution in [1.82, 2.24) is 10.2 Å². The number of carbonyl (C=O) groups excluding carboxylic acids is 2. The molecular weight excluding hydrogens is 601 g/mol. The fraction of sp³-hybridized carbons (Fsp3) is 0.297. The molecule has 46 heavy (non-hydrogen) atoms. The number of amides is 2. The molecule has 4 aromatic rings. The lowest BCUT2D eigenvalue weighted by Crippen LogP contribution is -2.55. The summed E-state index contributed by atoms with van der Waals surface area (Å²) in [5.74, 6) is -1.26. The maximum absolute atomic E-state index is 14.6. The summed E-state index contributed by atoms with van der Waals surface area (Å²) in [7, 11) is -4.17. The molecule has 1 unspecified atom stereocenters. The average Bonchev–Trinajstić information content (AvgIpc) is 3.07. The van der Waals surface area contributed by atoms with Gasteiger partial charge in [-0.1, -0.05) is 92.1 Å². The third-order valence-corrected chi connectivity index (χ3v) is 10.2. The topological polar surface area (TPSA) is 86.8 Å². The van der Waals surface area contributed by atoms with Crippen molar-refractivity contribution in [3.05, 3.63) is 132 Å². The van der Waals surface area contributed by atoms with Gasteiger partial charge in [-0.25, -0.2) is 12.8 Å². The minimum Gasteiger partial charge on any atom is -0.352 e. The highest BCUT2D eigenvalue weighted by Gasteiger charge is 2.35. The molecule has 0 saturated heterocycles. The van der Waals surface area contributed by atoms with Crippen LogP contribution in [0.15, 0.2) is 114 Å². The van der Waals surface area contributed by atoms with Gasteiger partial charge in [0, 0.05) is 19.0 Å². The van der Waals surface area contributed by atoms with Crippen molar-refractivity contribution >= 4 is 27.5 Å². The first-order valence-electron chi connectivity index (χ1n) is 15.7. The number of anilines is 1. The molecule has 9 heteroatoms. The lowest BCUT2D eigenvalue weighted by atomic mass is 9.94. The van der Waals surface area contributed by atoms with Gasteiger partial charge in [0.15, 0.2) is 0 Å². The first-order chi connectivity index (χ1) is 22.2. The molecule has 1 aliphatic carbocycles. The molecule has 0 radical (unpaired) electrons. The third kappa shape index (κ3) is 8.40. The number of benzene rings is 4. The van der Waals surface area contributed by atoms with E-state index in [4.69, 9.17) is 0 Å². The number of hydrogen-bond donors (Lipinski definition) is 1. The summed E-state index contributed by atoms with van der Waals surface area (Å²) < 4.78 is 43.2. The Bertz CT molecular complexity index is 1710. The second-order valence-electron chi connectivity index (χ2n) is 11.9. The van der Waals surface area contributed by atoms with Crippen molar-refractivity contribution in [3.8, 4) is 0 Å². The number of rotatable bonds is 12. The zero-order valence-corrected chi connectivity index (χ0v) is 26.8. The van der Waals surface area contributed by atoms with Gasteiger partial charge in [-0.2, -0.15) is 0 Å². The van der Waals surface area contributed by atoms with Crippen molar-refractivity contribution in [2.45, 2.75) is 69.0 Å². The van der Waals surface area contributed by atoms with Crippen LogP contribution in [0.2, 0.25) is 0 Å². The maximum atomic E-state index is 14.6. The summed E-state index contributed by atoms with van der Waals surface area (Å²) in [5, 5.41) is 3.19. The van der Waals surface area contributed by atoms with Crippen molar-refractivity contribution in [3.63, 3.8) is 0 Å². The van der Waals surface area contributed by atoms with E-state index in [1.165, 1.54) is 29.2 Å². The molecule has 240 valence electrons. The molecule has 1 saturated carbocycles. The second kappa shape index (κ2) is 15.2.